The van der Waals surface area contributed by atoms with Crippen molar-refractivity contribution in [2.45, 2.75) is 45.8 Å². The maximum atomic E-state index is 12.6. The quantitative estimate of drug-likeness (QED) is 0.500. The van der Waals surface area contributed by atoms with Gasteiger partial charge < -0.3 is 0 Å². The van der Waals surface area contributed by atoms with Crippen molar-refractivity contribution in [3.63, 3.8) is 0 Å². The summed E-state index contributed by atoms with van der Waals surface area (Å²) in [5.41, 5.74) is 3.91. The Labute approximate surface area is 163 Å². The first-order chi connectivity index (χ1) is 11.8. The van der Waals surface area contributed by atoms with Crippen molar-refractivity contribution < 1.29 is 9.18 Å². The molecule has 0 aromatic heterocycles. The molecule has 1 atom stereocenters. The minimum absolute atomic E-state index is 0.170. The zero-order chi connectivity index (χ0) is 18.8. The zero-order valence-corrected chi connectivity index (χ0v) is 17.7. The number of thioether (sulfide) groups is 1. The molecule has 0 aliphatic heterocycles. The third-order valence-corrected chi connectivity index (χ3v) is 5.54. The van der Waals surface area contributed by atoms with Crippen LogP contribution < -0.4 is 0 Å². The van der Waals surface area contributed by atoms with E-state index in [1.807, 2.05) is 6.92 Å². The topological polar surface area (TPSA) is 17.1 Å². The summed E-state index contributed by atoms with van der Waals surface area (Å²) < 4.78 is 13.8. The molecule has 2 rings (SSSR count). The van der Waals surface area contributed by atoms with Crippen LogP contribution in [0.25, 0.3) is 0 Å². The Morgan fingerprint density at radius 3 is 2.36 bits per heavy atom. The van der Waals surface area contributed by atoms with E-state index >= 15 is 0 Å². The minimum Gasteiger partial charge on any atom is -0.299 e. The third-order valence-electron chi connectivity index (χ3n) is 3.70. The van der Waals surface area contributed by atoms with Gasteiger partial charge in [-0.05, 0) is 68.1 Å². The fourth-order valence-corrected chi connectivity index (χ4v) is 3.59. The van der Waals surface area contributed by atoms with Crippen molar-refractivity contribution in [2.24, 2.45) is 0 Å². The Bertz CT molecular complexity index is 670. The monoisotopic (exact) mass is 424 g/mol. The molecule has 2 aromatic carbocycles. The maximum absolute atomic E-state index is 12.6. The lowest BCUT2D eigenvalue weighted by atomic mass is 10.1. The summed E-state index contributed by atoms with van der Waals surface area (Å²) in [5.74, 6) is 0.458. The molecular weight excluding hydrogens is 399 g/mol. The molecule has 0 heterocycles. The van der Waals surface area contributed by atoms with Crippen LogP contribution in [0.15, 0.2) is 46.9 Å². The average molecular weight is 425 g/mol. The highest BCUT2D eigenvalue weighted by Gasteiger charge is 2.06. The van der Waals surface area contributed by atoms with Crippen LogP contribution in [0.4, 0.5) is 4.39 Å². The van der Waals surface area contributed by atoms with Gasteiger partial charge in [-0.15, -0.1) is 11.8 Å². The molecule has 25 heavy (non-hydrogen) atoms. The van der Waals surface area contributed by atoms with E-state index in [4.69, 9.17) is 0 Å². The summed E-state index contributed by atoms with van der Waals surface area (Å²) in [7, 11) is 0. The van der Waals surface area contributed by atoms with E-state index in [2.05, 4.69) is 48.0 Å². The van der Waals surface area contributed by atoms with E-state index in [-0.39, 0.29) is 16.9 Å². The van der Waals surface area contributed by atoms with Crippen molar-refractivity contribution in [1.29, 1.82) is 0 Å². The molecule has 136 valence electrons. The number of ketones is 1. The number of carbonyl (C=O) groups is 1. The second kappa shape index (κ2) is 11.5. The summed E-state index contributed by atoms with van der Waals surface area (Å²) in [6, 6.07) is 12.9. The van der Waals surface area contributed by atoms with E-state index in [1.165, 1.54) is 40.6 Å². The predicted octanol–water partition coefficient (Wildman–Crippen LogP) is 6.92. The van der Waals surface area contributed by atoms with E-state index < -0.39 is 0 Å². The van der Waals surface area contributed by atoms with Crippen molar-refractivity contribution in [3.05, 3.63) is 69.4 Å². The van der Waals surface area contributed by atoms with Crippen molar-refractivity contribution >= 4 is 33.5 Å². The molecule has 1 nitrogen and oxygen atoms in total. The highest BCUT2D eigenvalue weighted by atomic mass is 79.9. The van der Waals surface area contributed by atoms with Crippen molar-refractivity contribution in [2.75, 3.05) is 5.75 Å². The van der Waals surface area contributed by atoms with Gasteiger partial charge in [-0.1, -0.05) is 47.5 Å². The average Bonchev–Trinajstić information content (AvgIpc) is 2.56. The number of carbonyl (C=O) groups excluding carboxylic acids is 1. The van der Waals surface area contributed by atoms with Gasteiger partial charge in [-0.3, -0.25) is 4.79 Å². The largest absolute Gasteiger partial charge is 0.299 e. The maximum Gasteiger partial charge on any atom is 0.139 e. The number of halogens is 2. The predicted molar refractivity (Wildman–Crippen MR) is 111 cm³/mol. The lowest BCUT2D eigenvalue weighted by molar-refractivity contribution is -0.114. The van der Waals surface area contributed by atoms with Gasteiger partial charge in [-0.25, -0.2) is 4.39 Å². The summed E-state index contributed by atoms with van der Waals surface area (Å²) in [4.78, 5) is 10.8. The lowest BCUT2D eigenvalue weighted by Gasteiger charge is -2.09. The highest BCUT2D eigenvalue weighted by Crippen LogP contribution is 2.27. The van der Waals surface area contributed by atoms with E-state index in [1.54, 1.807) is 30.8 Å². The van der Waals surface area contributed by atoms with Crippen LogP contribution >= 0.6 is 27.7 Å². The van der Waals surface area contributed by atoms with Crippen LogP contribution in [0, 0.1) is 12.7 Å². The molecule has 0 aliphatic carbocycles. The van der Waals surface area contributed by atoms with Gasteiger partial charge in [0, 0.05) is 9.72 Å². The van der Waals surface area contributed by atoms with Crippen LogP contribution in [0.1, 0.15) is 49.1 Å². The number of benzene rings is 2. The number of hydrogen-bond acceptors (Lipinski definition) is 2. The molecule has 0 aliphatic rings. The number of rotatable bonds is 6. The van der Waals surface area contributed by atoms with Gasteiger partial charge in [0.25, 0.3) is 0 Å². The summed E-state index contributed by atoms with van der Waals surface area (Å²) in [5, 5.41) is 0.236. The Kier molecular flexibility index (Phi) is 10.1. The molecule has 0 N–H and O–H groups in total. The lowest BCUT2D eigenvalue weighted by Crippen LogP contribution is -1.97. The van der Waals surface area contributed by atoms with Gasteiger partial charge in [0.1, 0.15) is 11.6 Å². The molecular formula is C21H26BrFOS. The molecule has 0 radical (unpaired) electrons. The van der Waals surface area contributed by atoms with Gasteiger partial charge >= 0.3 is 0 Å². The molecule has 0 fully saturated rings. The number of hydrogen-bond donors (Lipinski definition) is 0. The van der Waals surface area contributed by atoms with E-state index in [9.17, 15) is 9.18 Å². The van der Waals surface area contributed by atoms with Crippen LogP contribution in [0.5, 0.6) is 0 Å². The van der Waals surface area contributed by atoms with Gasteiger partial charge in [-0.2, -0.15) is 0 Å². The molecule has 0 amide bonds. The molecule has 0 saturated heterocycles. The van der Waals surface area contributed by atoms with Crippen LogP contribution in [0.3, 0.4) is 0 Å². The highest BCUT2D eigenvalue weighted by molar-refractivity contribution is 9.10. The summed E-state index contributed by atoms with van der Waals surface area (Å²) in [6.45, 7) is 7.96. The van der Waals surface area contributed by atoms with Crippen LogP contribution in [-0.2, 0) is 11.2 Å². The number of aryl methyl sites for hydroxylation is 2. The fourth-order valence-electron chi connectivity index (χ4n) is 2.28. The van der Waals surface area contributed by atoms with Gasteiger partial charge in [0.2, 0.25) is 0 Å². The van der Waals surface area contributed by atoms with Crippen LogP contribution in [0.2, 0.25) is 0 Å². The van der Waals surface area contributed by atoms with Gasteiger partial charge in [0.05, 0.1) is 5.75 Å². The smallest absolute Gasteiger partial charge is 0.139 e. The second-order valence-corrected chi connectivity index (χ2v) is 8.27. The van der Waals surface area contributed by atoms with E-state index in [0.29, 0.717) is 5.75 Å². The van der Waals surface area contributed by atoms with Crippen molar-refractivity contribution in [1.82, 2.24) is 0 Å². The summed E-state index contributed by atoms with van der Waals surface area (Å²) >= 11 is 5.02. The van der Waals surface area contributed by atoms with Crippen molar-refractivity contribution in [3.8, 4) is 0 Å². The first-order valence-electron chi connectivity index (χ1n) is 8.45. The molecule has 2 aromatic rings. The zero-order valence-electron chi connectivity index (χ0n) is 15.3. The van der Waals surface area contributed by atoms with E-state index in [0.717, 1.165) is 5.56 Å². The fraction of sp³-hybridized carbons (Fsp3) is 0.381. The molecule has 0 saturated carbocycles. The normalized spacial score (nSPS) is 11.4. The first kappa shape index (κ1) is 21.9. The first-order valence-corrected chi connectivity index (χ1v) is 10.3. The Balaban J connectivity index is 0.000000257. The molecule has 0 spiro atoms. The standard InChI is InChI=1S/C11H13FOS.C10H13Br/c1-8(13)7-14-9(2)10-3-5-11(12)6-4-10;1-3-4-9-5-6-10(11)7-8(9)2/h3-6,9H,7H2,1-2H3;5-7H,3-4H2,1-2H3. The Hall–Kier alpha value is -1.13. The Morgan fingerprint density at radius 1 is 1.20 bits per heavy atom. The summed E-state index contributed by atoms with van der Waals surface area (Å²) in [6.07, 6.45) is 2.42. The third kappa shape index (κ3) is 8.68. The second-order valence-electron chi connectivity index (χ2n) is 6.03. The molecule has 4 heteroatoms. The number of Topliss-reactive ketones (excluding diaryl/α,β-unsaturated/α-hetero) is 1. The van der Waals surface area contributed by atoms with Crippen LogP contribution in [-0.4, -0.2) is 11.5 Å². The SMILES string of the molecule is CC(=O)CSC(C)c1ccc(F)cc1.CCCc1ccc(Br)cc1C. The minimum atomic E-state index is -0.225. The van der Waals surface area contributed by atoms with Gasteiger partial charge in [0.15, 0.2) is 0 Å². The Morgan fingerprint density at radius 2 is 1.84 bits per heavy atom. The molecule has 0 bridgehead atoms. The molecule has 1 unspecified atom stereocenters.